The van der Waals surface area contributed by atoms with E-state index < -0.39 is 11.5 Å². The molecule has 2 amide bonds. The molecule has 0 saturated carbocycles. The highest BCUT2D eigenvalue weighted by Crippen LogP contribution is 2.14. The van der Waals surface area contributed by atoms with Crippen molar-refractivity contribution in [2.75, 3.05) is 0 Å². The second-order valence-electron chi connectivity index (χ2n) is 5.18. The van der Waals surface area contributed by atoms with Gasteiger partial charge in [0.25, 0.3) is 0 Å². The first-order valence-corrected chi connectivity index (χ1v) is 6.69. The van der Waals surface area contributed by atoms with Crippen molar-refractivity contribution in [2.45, 2.75) is 38.8 Å². The molecule has 1 rings (SSSR count). The van der Waals surface area contributed by atoms with Crippen LogP contribution in [-0.4, -0.2) is 22.6 Å². The van der Waals surface area contributed by atoms with Gasteiger partial charge in [0, 0.05) is 23.5 Å². The van der Waals surface area contributed by atoms with Crippen LogP contribution in [0, 0.1) is 0 Å². The average Bonchev–Trinajstić information content (AvgIpc) is 2.35. The largest absolute Gasteiger partial charge is 0.481 e. The number of carbonyl (C=O) groups is 2. The van der Waals surface area contributed by atoms with Crippen LogP contribution in [0.5, 0.6) is 0 Å². The maximum Gasteiger partial charge on any atom is 0.315 e. The molecule has 0 aromatic heterocycles. The summed E-state index contributed by atoms with van der Waals surface area (Å²) in [5.41, 5.74) is 0.246. The lowest BCUT2D eigenvalue weighted by molar-refractivity contribution is -0.137. The Morgan fingerprint density at radius 1 is 1.30 bits per heavy atom. The fraction of sp³-hybridized carbons (Fsp3) is 0.429. The van der Waals surface area contributed by atoms with E-state index in [2.05, 4.69) is 10.6 Å². The third-order valence-electron chi connectivity index (χ3n) is 2.81. The Bertz CT molecular complexity index is 489. The third kappa shape index (κ3) is 5.93. The number of urea groups is 1. The van der Waals surface area contributed by atoms with Crippen molar-refractivity contribution in [1.82, 2.24) is 10.6 Å². The smallest absolute Gasteiger partial charge is 0.315 e. The summed E-state index contributed by atoms with van der Waals surface area (Å²) < 4.78 is 0. The van der Waals surface area contributed by atoms with Crippen LogP contribution in [-0.2, 0) is 11.3 Å². The van der Waals surface area contributed by atoms with Crippen molar-refractivity contribution in [3.63, 3.8) is 0 Å². The number of amides is 2. The third-order valence-corrected chi connectivity index (χ3v) is 3.18. The Labute approximate surface area is 123 Å². The van der Waals surface area contributed by atoms with Crippen molar-refractivity contribution in [2.24, 2.45) is 0 Å². The van der Waals surface area contributed by atoms with Crippen molar-refractivity contribution in [3.05, 3.63) is 34.9 Å². The van der Waals surface area contributed by atoms with E-state index in [0.717, 1.165) is 5.56 Å². The summed E-state index contributed by atoms with van der Waals surface area (Å²) >= 11 is 5.99. The summed E-state index contributed by atoms with van der Waals surface area (Å²) in [6.45, 7) is 3.89. The van der Waals surface area contributed by atoms with E-state index in [0.29, 0.717) is 18.0 Å². The molecule has 5 nitrogen and oxygen atoms in total. The summed E-state index contributed by atoms with van der Waals surface area (Å²) in [5.74, 6) is -0.878. The molecule has 0 unspecified atom stereocenters. The zero-order chi connectivity index (χ0) is 15.2. The molecule has 0 heterocycles. The van der Waals surface area contributed by atoms with E-state index in [1.54, 1.807) is 19.9 Å². The molecule has 3 N–H and O–H groups in total. The minimum atomic E-state index is -0.878. The molecule has 6 heteroatoms. The molecule has 0 fully saturated rings. The summed E-state index contributed by atoms with van der Waals surface area (Å²) in [4.78, 5) is 22.3. The molecule has 1 aromatic carbocycles. The minimum Gasteiger partial charge on any atom is -0.481 e. The summed E-state index contributed by atoms with van der Waals surface area (Å²) in [5, 5.41) is 14.7. The maximum absolute atomic E-state index is 11.8. The van der Waals surface area contributed by atoms with Gasteiger partial charge in [0.1, 0.15) is 0 Å². The number of aliphatic carboxylic acids is 1. The molecule has 0 radical (unpaired) electrons. The second-order valence-corrected chi connectivity index (χ2v) is 5.58. The van der Waals surface area contributed by atoms with Crippen molar-refractivity contribution < 1.29 is 14.7 Å². The Morgan fingerprint density at radius 2 is 1.95 bits per heavy atom. The Hall–Kier alpha value is -1.75. The standard InChI is InChI=1S/C14H19ClN2O3/c1-14(2,8-7-12(18)19)17-13(20)16-9-10-5-3-4-6-11(10)15/h3-6H,7-9H2,1-2H3,(H,18,19)(H2,16,17,20). The van der Waals surface area contributed by atoms with Gasteiger partial charge in [-0.25, -0.2) is 4.79 Å². The van der Waals surface area contributed by atoms with Gasteiger partial charge in [-0.05, 0) is 31.9 Å². The molecule has 0 aliphatic heterocycles. The van der Waals surface area contributed by atoms with Crippen molar-refractivity contribution >= 4 is 23.6 Å². The van der Waals surface area contributed by atoms with Crippen LogP contribution in [0.25, 0.3) is 0 Å². The van der Waals surface area contributed by atoms with Crippen molar-refractivity contribution in [1.29, 1.82) is 0 Å². The fourth-order valence-electron chi connectivity index (χ4n) is 1.65. The number of rotatable bonds is 6. The van der Waals surface area contributed by atoms with Crippen LogP contribution in [0.1, 0.15) is 32.3 Å². The monoisotopic (exact) mass is 298 g/mol. The molecule has 0 aliphatic carbocycles. The minimum absolute atomic E-state index is 0.0117. The van der Waals surface area contributed by atoms with Gasteiger partial charge >= 0.3 is 12.0 Å². The highest BCUT2D eigenvalue weighted by Gasteiger charge is 2.21. The lowest BCUT2D eigenvalue weighted by Crippen LogP contribution is -2.48. The highest BCUT2D eigenvalue weighted by molar-refractivity contribution is 6.31. The van der Waals surface area contributed by atoms with Gasteiger partial charge < -0.3 is 15.7 Å². The molecule has 110 valence electrons. The van der Waals surface area contributed by atoms with Crippen molar-refractivity contribution in [3.8, 4) is 0 Å². The number of carbonyl (C=O) groups excluding carboxylic acids is 1. The number of nitrogens with one attached hydrogen (secondary N) is 2. The molecule has 0 atom stereocenters. The van der Waals surface area contributed by atoms with Crippen LogP contribution in [0.2, 0.25) is 5.02 Å². The zero-order valence-electron chi connectivity index (χ0n) is 11.6. The summed E-state index contributed by atoms with van der Waals surface area (Å²) in [6, 6.07) is 6.91. The predicted octanol–water partition coefficient (Wildman–Crippen LogP) is 2.78. The van der Waals surface area contributed by atoms with E-state index in [1.807, 2.05) is 18.2 Å². The zero-order valence-corrected chi connectivity index (χ0v) is 12.3. The van der Waals surface area contributed by atoms with E-state index in [9.17, 15) is 9.59 Å². The normalized spacial score (nSPS) is 10.9. The molecule has 0 spiro atoms. The molecule has 20 heavy (non-hydrogen) atoms. The first-order valence-electron chi connectivity index (χ1n) is 6.31. The van der Waals surface area contributed by atoms with E-state index in [-0.39, 0.29) is 12.5 Å². The number of hydrogen-bond acceptors (Lipinski definition) is 2. The molecule has 0 saturated heterocycles. The van der Waals surface area contributed by atoms with Crippen LogP contribution in [0.15, 0.2) is 24.3 Å². The number of carboxylic acid groups (broad SMARTS) is 1. The number of hydrogen-bond donors (Lipinski definition) is 3. The number of halogens is 1. The topological polar surface area (TPSA) is 78.4 Å². The van der Waals surface area contributed by atoms with E-state index in [4.69, 9.17) is 16.7 Å². The molecule has 1 aromatic rings. The quantitative estimate of drug-likeness (QED) is 0.755. The van der Waals surface area contributed by atoms with Gasteiger partial charge in [-0.2, -0.15) is 0 Å². The van der Waals surface area contributed by atoms with Crippen LogP contribution in [0.3, 0.4) is 0 Å². The second kappa shape index (κ2) is 7.14. The van der Waals surface area contributed by atoms with Gasteiger partial charge in [-0.1, -0.05) is 29.8 Å². The molecule has 0 aliphatic rings. The number of benzene rings is 1. The lowest BCUT2D eigenvalue weighted by Gasteiger charge is -2.25. The van der Waals surface area contributed by atoms with Crippen LogP contribution < -0.4 is 10.6 Å². The van der Waals surface area contributed by atoms with Crippen LogP contribution >= 0.6 is 11.6 Å². The van der Waals surface area contributed by atoms with Gasteiger partial charge in [0.15, 0.2) is 0 Å². The Balaban J connectivity index is 2.43. The van der Waals surface area contributed by atoms with Gasteiger partial charge in [-0.3, -0.25) is 4.79 Å². The average molecular weight is 299 g/mol. The summed E-state index contributed by atoms with van der Waals surface area (Å²) in [6.07, 6.45) is 0.375. The van der Waals surface area contributed by atoms with Gasteiger partial charge in [0.05, 0.1) is 0 Å². The summed E-state index contributed by atoms with van der Waals surface area (Å²) in [7, 11) is 0. The van der Waals surface area contributed by atoms with Crippen LogP contribution in [0.4, 0.5) is 4.79 Å². The molecular weight excluding hydrogens is 280 g/mol. The Kier molecular flexibility index (Phi) is 5.82. The van der Waals surface area contributed by atoms with E-state index >= 15 is 0 Å². The van der Waals surface area contributed by atoms with Gasteiger partial charge in [0.2, 0.25) is 0 Å². The SMILES string of the molecule is CC(C)(CCC(=O)O)NC(=O)NCc1ccccc1Cl. The fourth-order valence-corrected chi connectivity index (χ4v) is 1.85. The van der Waals surface area contributed by atoms with E-state index in [1.165, 1.54) is 0 Å². The highest BCUT2D eigenvalue weighted by atomic mass is 35.5. The lowest BCUT2D eigenvalue weighted by atomic mass is 9.99. The molecule has 0 bridgehead atoms. The predicted molar refractivity (Wildman–Crippen MR) is 77.8 cm³/mol. The first kappa shape index (κ1) is 16.3. The number of carboxylic acids is 1. The maximum atomic E-state index is 11.8. The first-order chi connectivity index (χ1) is 9.30. The Morgan fingerprint density at radius 3 is 2.55 bits per heavy atom. The van der Waals surface area contributed by atoms with Gasteiger partial charge in [-0.15, -0.1) is 0 Å². The molecular formula is C14H19ClN2O3.